The highest BCUT2D eigenvalue weighted by atomic mass is 19.1. The molecular weight excluding hydrogens is 311 g/mol. The number of aromatic nitrogens is 1. The lowest BCUT2D eigenvalue weighted by Crippen LogP contribution is -2.17. The van der Waals surface area contributed by atoms with E-state index in [0.717, 1.165) is 5.56 Å². The van der Waals surface area contributed by atoms with Crippen molar-refractivity contribution in [2.24, 2.45) is 0 Å². The van der Waals surface area contributed by atoms with E-state index in [-0.39, 0.29) is 18.1 Å². The van der Waals surface area contributed by atoms with Crippen molar-refractivity contribution in [3.8, 4) is 11.5 Å². The number of aromatic amines is 1. The van der Waals surface area contributed by atoms with Crippen molar-refractivity contribution in [2.75, 3.05) is 18.5 Å². The Morgan fingerprint density at radius 2 is 2.00 bits per heavy atom. The molecule has 1 aromatic heterocycles. The normalized spacial score (nSPS) is 13.0. The fourth-order valence-electron chi connectivity index (χ4n) is 2.82. The van der Waals surface area contributed by atoms with E-state index in [9.17, 15) is 9.18 Å². The number of rotatable bonds is 3. The second-order valence-electron chi connectivity index (χ2n) is 5.56. The van der Waals surface area contributed by atoms with E-state index >= 15 is 0 Å². The van der Waals surface area contributed by atoms with Crippen LogP contribution in [0.3, 0.4) is 0 Å². The van der Waals surface area contributed by atoms with Crippen molar-refractivity contribution in [3.63, 3.8) is 0 Å². The summed E-state index contributed by atoms with van der Waals surface area (Å²) in [5.41, 5.74) is 1.80. The molecule has 0 radical (unpaired) electrons. The molecule has 6 heteroatoms. The Balaban J connectivity index is 1.51. The van der Waals surface area contributed by atoms with E-state index in [0.29, 0.717) is 41.3 Å². The number of para-hydroxylation sites is 1. The maximum absolute atomic E-state index is 13.7. The molecular formula is C18H15FN2O3. The summed E-state index contributed by atoms with van der Waals surface area (Å²) in [5, 5.41) is 3.54. The van der Waals surface area contributed by atoms with Crippen LogP contribution in [0, 0.1) is 5.82 Å². The van der Waals surface area contributed by atoms with Gasteiger partial charge in [-0.3, -0.25) is 4.79 Å². The molecule has 2 aromatic carbocycles. The first-order valence-electron chi connectivity index (χ1n) is 7.65. The van der Waals surface area contributed by atoms with Crippen molar-refractivity contribution < 1.29 is 18.7 Å². The number of halogens is 1. The predicted molar refractivity (Wildman–Crippen MR) is 88.0 cm³/mol. The summed E-state index contributed by atoms with van der Waals surface area (Å²) in [5.74, 6) is 0.780. The highest BCUT2D eigenvalue weighted by molar-refractivity contribution is 5.96. The Kier molecular flexibility index (Phi) is 3.57. The predicted octanol–water partition coefficient (Wildman–Crippen LogP) is 3.26. The van der Waals surface area contributed by atoms with Gasteiger partial charge in [-0.05, 0) is 23.8 Å². The van der Waals surface area contributed by atoms with Gasteiger partial charge in [0.25, 0.3) is 0 Å². The van der Waals surface area contributed by atoms with Crippen molar-refractivity contribution in [1.29, 1.82) is 0 Å². The van der Waals surface area contributed by atoms with Crippen molar-refractivity contribution >= 4 is 22.5 Å². The fourth-order valence-corrected chi connectivity index (χ4v) is 2.82. The summed E-state index contributed by atoms with van der Waals surface area (Å²) in [4.78, 5) is 15.2. The third kappa shape index (κ3) is 2.67. The lowest BCUT2D eigenvalue weighted by Gasteiger charge is -2.19. The number of hydrogen-bond acceptors (Lipinski definition) is 3. The van der Waals surface area contributed by atoms with Crippen LogP contribution >= 0.6 is 0 Å². The number of anilines is 1. The van der Waals surface area contributed by atoms with Crippen LogP contribution in [0.15, 0.2) is 42.6 Å². The number of amides is 1. The minimum Gasteiger partial charge on any atom is -0.486 e. The van der Waals surface area contributed by atoms with E-state index in [2.05, 4.69) is 10.3 Å². The monoisotopic (exact) mass is 326 g/mol. The molecule has 0 saturated heterocycles. The number of carbonyl (C=O) groups is 1. The maximum Gasteiger partial charge on any atom is 0.228 e. The van der Waals surface area contributed by atoms with Gasteiger partial charge in [-0.15, -0.1) is 0 Å². The first kappa shape index (κ1) is 14.6. The molecule has 2 heterocycles. The highest BCUT2D eigenvalue weighted by Gasteiger charge is 2.14. The second-order valence-corrected chi connectivity index (χ2v) is 5.56. The van der Waals surface area contributed by atoms with E-state index in [1.165, 1.54) is 6.07 Å². The molecule has 122 valence electrons. The van der Waals surface area contributed by atoms with Gasteiger partial charge in [0.1, 0.15) is 19.0 Å². The smallest absolute Gasteiger partial charge is 0.228 e. The number of nitrogens with one attached hydrogen (secondary N) is 2. The number of H-pyrrole nitrogens is 1. The number of fused-ring (bicyclic) bond motifs is 2. The van der Waals surface area contributed by atoms with Gasteiger partial charge < -0.3 is 19.8 Å². The Morgan fingerprint density at radius 1 is 1.17 bits per heavy atom. The number of ether oxygens (including phenoxy) is 2. The van der Waals surface area contributed by atoms with Gasteiger partial charge in [0, 0.05) is 23.3 Å². The lowest BCUT2D eigenvalue weighted by atomic mass is 10.1. The van der Waals surface area contributed by atoms with E-state index in [1.807, 2.05) is 0 Å². The van der Waals surface area contributed by atoms with E-state index in [4.69, 9.17) is 9.47 Å². The molecule has 0 fully saturated rings. The maximum atomic E-state index is 13.7. The van der Waals surface area contributed by atoms with Crippen molar-refractivity contribution in [1.82, 2.24) is 4.98 Å². The molecule has 1 aliphatic heterocycles. The summed E-state index contributed by atoms with van der Waals surface area (Å²) < 4.78 is 24.6. The first-order valence-corrected chi connectivity index (χ1v) is 7.65. The van der Waals surface area contributed by atoms with Gasteiger partial charge in [0.2, 0.25) is 5.91 Å². The highest BCUT2D eigenvalue weighted by Crippen LogP contribution is 2.32. The zero-order chi connectivity index (χ0) is 16.5. The summed E-state index contributed by atoms with van der Waals surface area (Å²) in [6, 6.07) is 10.1. The first-order chi connectivity index (χ1) is 11.7. The average molecular weight is 326 g/mol. The zero-order valence-corrected chi connectivity index (χ0v) is 12.8. The lowest BCUT2D eigenvalue weighted by molar-refractivity contribution is -0.115. The number of hydrogen-bond donors (Lipinski definition) is 2. The van der Waals surface area contributed by atoms with Crippen LogP contribution in [0.5, 0.6) is 11.5 Å². The van der Waals surface area contributed by atoms with E-state index < -0.39 is 0 Å². The Hall–Kier alpha value is -3.02. The average Bonchev–Trinajstić information content (AvgIpc) is 2.99. The molecule has 4 rings (SSSR count). The summed E-state index contributed by atoms with van der Waals surface area (Å²) >= 11 is 0. The van der Waals surface area contributed by atoms with Gasteiger partial charge in [0.15, 0.2) is 11.5 Å². The van der Waals surface area contributed by atoms with Crippen molar-refractivity contribution in [2.45, 2.75) is 6.42 Å². The van der Waals surface area contributed by atoms with Crippen LogP contribution in [0.25, 0.3) is 10.9 Å². The van der Waals surface area contributed by atoms with Gasteiger partial charge in [0.05, 0.1) is 11.9 Å². The summed E-state index contributed by atoms with van der Waals surface area (Å²) in [6.45, 7) is 1.02. The van der Waals surface area contributed by atoms with Crippen LogP contribution in [0.1, 0.15) is 5.56 Å². The van der Waals surface area contributed by atoms with Crippen molar-refractivity contribution in [3.05, 3.63) is 54.0 Å². The molecule has 0 aliphatic carbocycles. The van der Waals surface area contributed by atoms with Crippen LogP contribution in [-0.2, 0) is 11.2 Å². The standard InChI is InChI=1S/C18H15FN2O3/c19-14-3-1-2-13-11(10-20-18(13)14)8-17(22)21-12-4-5-15-16(9-12)24-7-6-23-15/h1-5,9-10,20H,6-8H2,(H,21,22). The Morgan fingerprint density at radius 3 is 2.88 bits per heavy atom. The molecule has 0 saturated carbocycles. The molecule has 0 unspecified atom stereocenters. The molecule has 2 N–H and O–H groups in total. The number of benzene rings is 2. The second kappa shape index (κ2) is 5.88. The topological polar surface area (TPSA) is 63.4 Å². The van der Waals surface area contributed by atoms with Crippen LogP contribution in [0.2, 0.25) is 0 Å². The molecule has 1 amide bonds. The molecule has 24 heavy (non-hydrogen) atoms. The van der Waals surface area contributed by atoms with Gasteiger partial charge in [-0.2, -0.15) is 0 Å². The van der Waals surface area contributed by atoms with Crippen LogP contribution in [0.4, 0.5) is 10.1 Å². The quantitative estimate of drug-likeness (QED) is 0.776. The van der Waals surface area contributed by atoms with Gasteiger partial charge in [-0.1, -0.05) is 12.1 Å². The summed E-state index contributed by atoms with van der Waals surface area (Å²) in [6.07, 6.45) is 1.81. The SMILES string of the molecule is O=C(Cc1c[nH]c2c(F)cccc12)Nc1ccc2c(c1)OCCO2. The number of carbonyl (C=O) groups excluding carboxylic acids is 1. The molecule has 0 spiro atoms. The van der Waals surface area contributed by atoms with Gasteiger partial charge in [-0.25, -0.2) is 4.39 Å². The molecule has 3 aromatic rings. The Labute approximate surface area is 137 Å². The molecule has 0 atom stereocenters. The third-order valence-electron chi connectivity index (χ3n) is 3.93. The summed E-state index contributed by atoms with van der Waals surface area (Å²) in [7, 11) is 0. The van der Waals surface area contributed by atoms with Crippen LogP contribution in [-0.4, -0.2) is 24.1 Å². The fraction of sp³-hybridized carbons (Fsp3) is 0.167. The van der Waals surface area contributed by atoms with Crippen LogP contribution < -0.4 is 14.8 Å². The zero-order valence-electron chi connectivity index (χ0n) is 12.8. The minimum atomic E-state index is -0.328. The largest absolute Gasteiger partial charge is 0.486 e. The Bertz CT molecular complexity index is 920. The van der Waals surface area contributed by atoms with Gasteiger partial charge >= 0.3 is 0 Å². The third-order valence-corrected chi connectivity index (χ3v) is 3.93. The minimum absolute atomic E-state index is 0.151. The molecule has 1 aliphatic rings. The molecule has 5 nitrogen and oxygen atoms in total. The van der Waals surface area contributed by atoms with E-state index in [1.54, 1.807) is 36.5 Å². The molecule has 0 bridgehead atoms.